The Bertz CT molecular complexity index is 2210. The molecule has 2 aliphatic rings. The van der Waals surface area contributed by atoms with Crippen LogP contribution in [0.25, 0.3) is 44.5 Å². The minimum atomic E-state index is 0.422. The van der Waals surface area contributed by atoms with Crippen molar-refractivity contribution in [3.8, 4) is 56.6 Å². The van der Waals surface area contributed by atoms with E-state index in [2.05, 4.69) is 143 Å². The van der Waals surface area contributed by atoms with Crippen LogP contribution in [0.5, 0.6) is 0 Å². The Hall–Kier alpha value is -6.88. The fraction of sp³-hybridized carbons (Fsp3) is 0. The second kappa shape index (κ2) is 10.9. The zero-order valence-corrected chi connectivity index (χ0v) is 25.8. The number of fused-ring (bicyclic) bond motifs is 10. The van der Waals surface area contributed by atoms with Gasteiger partial charge in [0.15, 0.2) is 0 Å². The number of hydrogen-bond acceptors (Lipinski definition) is 4. The predicted octanol–water partition coefficient (Wildman–Crippen LogP) is 11.7. The molecule has 222 valence electrons. The third-order valence-corrected chi connectivity index (χ3v) is 9.43. The van der Waals surface area contributed by atoms with E-state index >= 15 is 0 Å². The van der Waals surface area contributed by atoms with Crippen LogP contribution in [0.4, 0.5) is 34.1 Å². The molecule has 48 heavy (non-hydrogen) atoms. The van der Waals surface area contributed by atoms with Gasteiger partial charge in [-0.1, -0.05) is 121 Å². The first kappa shape index (κ1) is 27.4. The Balaban J connectivity index is 1.38. The van der Waals surface area contributed by atoms with Crippen molar-refractivity contribution >= 4 is 34.1 Å². The van der Waals surface area contributed by atoms with Gasteiger partial charge in [0.1, 0.15) is 12.1 Å². The maximum absolute atomic E-state index is 10.7. The summed E-state index contributed by atoms with van der Waals surface area (Å²) in [6, 6.07) is 59.0. The molecular formula is C44H26N4. The highest BCUT2D eigenvalue weighted by molar-refractivity contribution is 6.06. The van der Waals surface area contributed by atoms with E-state index in [1.54, 1.807) is 6.07 Å². The van der Waals surface area contributed by atoms with E-state index in [-0.39, 0.29) is 0 Å². The quantitative estimate of drug-likeness (QED) is 0.195. The minimum absolute atomic E-state index is 0.422. The average Bonchev–Trinajstić information content (AvgIpc) is 3.36. The molecule has 0 spiro atoms. The SMILES string of the molecule is N#Cc1cc(C#N)c(N2c3ccccc3-c3ccccc3-c3ccccc32)cc1N1c2ccccc2-c2ccccc2-c2ccccc21. The smallest absolute Gasteiger partial charge is 0.101 e. The molecule has 7 aromatic rings. The average molecular weight is 611 g/mol. The van der Waals surface area contributed by atoms with Gasteiger partial charge in [0.25, 0.3) is 0 Å². The van der Waals surface area contributed by atoms with Gasteiger partial charge in [-0.25, -0.2) is 0 Å². The molecule has 2 heterocycles. The number of anilines is 6. The summed E-state index contributed by atoms with van der Waals surface area (Å²) in [6.07, 6.45) is 0. The molecule has 0 atom stereocenters. The topological polar surface area (TPSA) is 54.1 Å². The maximum Gasteiger partial charge on any atom is 0.101 e. The van der Waals surface area contributed by atoms with Gasteiger partial charge >= 0.3 is 0 Å². The van der Waals surface area contributed by atoms with Gasteiger partial charge in [-0.05, 0) is 58.7 Å². The number of nitrogens with zero attached hydrogens (tertiary/aromatic N) is 4. The van der Waals surface area contributed by atoms with E-state index in [1.165, 1.54) is 0 Å². The molecule has 0 aliphatic carbocycles. The molecule has 2 aliphatic heterocycles. The molecule has 0 amide bonds. The lowest BCUT2D eigenvalue weighted by molar-refractivity contribution is 1.24. The Morgan fingerprint density at radius 1 is 0.292 bits per heavy atom. The van der Waals surface area contributed by atoms with Crippen LogP contribution < -0.4 is 9.80 Å². The highest BCUT2D eigenvalue weighted by atomic mass is 15.2. The van der Waals surface area contributed by atoms with E-state index in [0.717, 1.165) is 67.3 Å². The largest absolute Gasteiger partial charge is 0.308 e. The summed E-state index contributed by atoms with van der Waals surface area (Å²) in [5.74, 6) is 0. The Morgan fingerprint density at radius 3 is 0.812 bits per heavy atom. The van der Waals surface area contributed by atoms with Crippen molar-refractivity contribution in [3.63, 3.8) is 0 Å². The normalized spacial score (nSPS) is 12.0. The van der Waals surface area contributed by atoms with Gasteiger partial charge in [0.2, 0.25) is 0 Å². The Morgan fingerprint density at radius 2 is 0.542 bits per heavy atom. The van der Waals surface area contributed by atoms with Gasteiger partial charge < -0.3 is 9.80 Å². The summed E-state index contributed by atoms with van der Waals surface area (Å²) in [7, 11) is 0. The summed E-state index contributed by atoms with van der Waals surface area (Å²) < 4.78 is 0. The van der Waals surface area contributed by atoms with Crippen molar-refractivity contribution in [2.75, 3.05) is 9.80 Å². The van der Waals surface area contributed by atoms with Crippen LogP contribution in [0.3, 0.4) is 0 Å². The van der Waals surface area contributed by atoms with E-state index in [0.29, 0.717) is 22.5 Å². The fourth-order valence-corrected chi connectivity index (χ4v) is 7.40. The fourth-order valence-electron chi connectivity index (χ4n) is 7.40. The second-order valence-corrected chi connectivity index (χ2v) is 11.9. The first-order valence-electron chi connectivity index (χ1n) is 15.9. The predicted molar refractivity (Wildman–Crippen MR) is 194 cm³/mol. The molecule has 7 aromatic carbocycles. The van der Waals surface area contributed by atoms with Gasteiger partial charge in [0, 0.05) is 22.3 Å². The summed E-state index contributed by atoms with van der Waals surface area (Å²) in [6.45, 7) is 0. The molecule has 0 radical (unpaired) electrons. The molecule has 0 saturated carbocycles. The second-order valence-electron chi connectivity index (χ2n) is 11.9. The summed E-state index contributed by atoms with van der Waals surface area (Å²) in [5, 5.41) is 21.4. The number of rotatable bonds is 2. The lowest BCUT2D eigenvalue weighted by Gasteiger charge is -2.32. The van der Waals surface area contributed by atoms with Crippen LogP contribution in [0.2, 0.25) is 0 Å². The standard InChI is InChI=1S/C44H26N4/c45-27-29-25-30(28-46)44(48-41-23-11-7-19-37(41)33-15-3-4-16-34(33)38-20-8-12-24-42(38)48)26-43(29)47-39-21-9-5-17-35(39)31-13-1-2-14-32(31)36-18-6-10-22-40(36)47/h1-26H. The van der Waals surface area contributed by atoms with Crippen LogP contribution in [0.1, 0.15) is 11.1 Å². The molecule has 0 bridgehead atoms. The van der Waals surface area contributed by atoms with Crippen LogP contribution in [-0.4, -0.2) is 0 Å². The molecule has 0 fully saturated rings. The zero-order chi connectivity index (χ0) is 32.2. The Labute approximate surface area is 279 Å². The molecule has 9 rings (SSSR count). The van der Waals surface area contributed by atoms with E-state index in [9.17, 15) is 10.5 Å². The van der Waals surface area contributed by atoms with Crippen molar-refractivity contribution in [2.45, 2.75) is 0 Å². The molecule has 0 aromatic heterocycles. The van der Waals surface area contributed by atoms with E-state index in [4.69, 9.17) is 0 Å². The van der Waals surface area contributed by atoms with E-state index in [1.807, 2.05) is 30.3 Å². The maximum atomic E-state index is 10.7. The monoisotopic (exact) mass is 610 g/mol. The van der Waals surface area contributed by atoms with Crippen molar-refractivity contribution in [1.29, 1.82) is 10.5 Å². The van der Waals surface area contributed by atoms with Crippen LogP contribution >= 0.6 is 0 Å². The highest BCUT2D eigenvalue weighted by Gasteiger charge is 2.31. The number of hydrogen-bond donors (Lipinski definition) is 0. The van der Waals surface area contributed by atoms with Crippen LogP contribution in [0, 0.1) is 22.7 Å². The molecular weight excluding hydrogens is 585 g/mol. The zero-order valence-electron chi connectivity index (χ0n) is 25.8. The third kappa shape index (κ3) is 4.01. The molecule has 0 unspecified atom stereocenters. The molecule has 4 heteroatoms. The van der Waals surface area contributed by atoms with Gasteiger partial charge in [-0.3, -0.25) is 0 Å². The van der Waals surface area contributed by atoms with Crippen LogP contribution in [0.15, 0.2) is 158 Å². The lowest BCUT2D eigenvalue weighted by atomic mass is 9.95. The number of para-hydroxylation sites is 4. The highest BCUT2D eigenvalue weighted by Crippen LogP contribution is 2.55. The summed E-state index contributed by atoms with van der Waals surface area (Å²) >= 11 is 0. The molecule has 0 N–H and O–H groups in total. The number of nitriles is 2. The third-order valence-electron chi connectivity index (χ3n) is 9.43. The molecule has 0 saturated heterocycles. The lowest BCUT2D eigenvalue weighted by Crippen LogP contribution is -2.16. The van der Waals surface area contributed by atoms with Crippen LogP contribution in [-0.2, 0) is 0 Å². The van der Waals surface area contributed by atoms with Crippen molar-refractivity contribution in [3.05, 3.63) is 169 Å². The molecule has 4 nitrogen and oxygen atoms in total. The number of benzene rings is 7. The minimum Gasteiger partial charge on any atom is -0.308 e. The summed E-state index contributed by atoms with van der Waals surface area (Å²) in [5.41, 5.74) is 14.9. The van der Waals surface area contributed by atoms with Crippen molar-refractivity contribution < 1.29 is 0 Å². The van der Waals surface area contributed by atoms with E-state index < -0.39 is 0 Å². The first-order valence-corrected chi connectivity index (χ1v) is 15.9. The van der Waals surface area contributed by atoms with Crippen molar-refractivity contribution in [2.24, 2.45) is 0 Å². The summed E-state index contributed by atoms with van der Waals surface area (Å²) in [4.78, 5) is 4.39. The van der Waals surface area contributed by atoms with Gasteiger partial charge in [-0.15, -0.1) is 0 Å². The Kier molecular flexibility index (Phi) is 6.22. The van der Waals surface area contributed by atoms with Crippen molar-refractivity contribution in [1.82, 2.24) is 0 Å². The van der Waals surface area contributed by atoms with Gasteiger partial charge in [0.05, 0.1) is 45.3 Å². The van der Waals surface area contributed by atoms with Gasteiger partial charge in [-0.2, -0.15) is 10.5 Å². The first-order chi connectivity index (χ1) is 23.8.